The summed E-state index contributed by atoms with van der Waals surface area (Å²) >= 11 is 0. The number of morpholine rings is 1. The third-order valence-electron chi connectivity index (χ3n) is 4.48. The number of hydrogen-bond acceptors (Lipinski definition) is 4. The normalized spacial score (nSPS) is 23.1. The maximum atomic E-state index is 13.4. The Morgan fingerprint density at radius 2 is 2.24 bits per heavy atom. The topological polar surface area (TPSA) is 50.8 Å². The molecular weight excluding hydrogens is 347 g/mol. The van der Waals surface area contributed by atoms with E-state index in [1.807, 2.05) is 6.07 Å². The summed E-state index contributed by atoms with van der Waals surface area (Å²) in [7, 11) is 0. The smallest absolute Gasteiger partial charge is 0.224 e. The molecule has 1 amide bonds. The molecule has 2 aliphatic heterocycles. The summed E-state index contributed by atoms with van der Waals surface area (Å²) in [4.78, 5) is 14.6. The van der Waals surface area contributed by atoms with Crippen molar-refractivity contribution in [1.82, 2.24) is 10.2 Å². The SMILES string of the molecule is Cl.O=C(CC1COCCN1)N(Cc1cccc(F)c1)CC1CCCO1. The lowest BCUT2D eigenvalue weighted by atomic mass is 10.1. The first-order valence-corrected chi connectivity index (χ1v) is 8.65. The Morgan fingerprint density at radius 3 is 2.92 bits per heavy atom. The third kappa shape index (κ3) is 6.22. The number of carbonyl (C=O) groups is 1. The van der Waals surface area contributed by atoms with Crippen molar-refractivity contribution in [3.63, 3.8) is 0 Å². The number of amides is 1. The number of hydrogen-bond donors (Lipinski definition) is 1. The van der Waals surface area contributed by atoms with Gasteiger partial charge in [0, 0.05) is 38.7 Å². The Morgan fingerprint density at radius 1 is 1.36 bits per heavy atom. The monoisotopic (exact) mass is 372 g/mol. The fourth-order valence-corrected chi connectivity index (χ4v) is 3.24. The number of nitrogens with zero attached hydrogens (tertiary/aromatic N) is 1. The minimum absolute atomic E-state index is 0. The van der Waals surface area contributed by atoms with E-state index in [2.05, 4.69) is 5.32 Å². The molecule has 5 nitrogen and oxygen atoms in total. The van der Waals surface area contributed by atoms with Crippen LogP contribution in [0.3, 0.4) is 0 Å². The van der Waals surface area contributed by atoms with Crippen molar-refractivity contribution < 1.29 is 18.7 Å². The second-order valence-corrected chi connectivity index (χ2v) is 6.47. The zero-order valence-electron chi connectivity index (χ0n) is 14.3. The van der Waals surface area contributed by atoms with Gasteiger partial charge in [-0.1, -0.05) is 12.1 Å². The van der Waals surface area contributed by atoms with E-state index >= 15 is 0 Å². The fourth-order valence-electron chi connectivity index (χ4n) is 3.24. The van der Waals surface area contributed by atoms with Crippen molar-refractivity contribution in [3.05, 3.63) is 35.6 Å². The molecule has 0 spiro atoms. The summed E-state index contributed by atoms with van der Waals surface area (Å²) in [5.74, 6) is -0.225. The molecule has 1 aromatic carbocycles. The Hall–Kier alpha value is -1.21. The Kier molecular flexibility index (Phi) is 8.09. The van der Waals surface area contributed by atoms with Gasteiger partial charge in [-0.2, -0.15) is 0 Å². The van der Waals surface area contributed by atoms with E-state index in [0.717, 1.165) is 31.6 Å². The molecule has 7 heteroatoms. The van der Waals surface area contributed by atoms with Gasteiger partial charge in [-0.3, -0.25) is 4.79 Å². The highest BCUT2D eigenvalue weighted by Gasteiger charge is 2.25. The van der Waals surface area contributed by atoms with E-state index in [1.54, 1.807) is 11.0 Å². The minimum Gasteiger partial charge on any atom is -0.378 e. The third-order valence-corrected chi connectivity index (χ3v) is 4.48. The molecule has 0 saturated carbocycles. The average molecular weight is 373 g/mol. The van der Waals surface area contributed by atoms with Crippen LogP contribution in [0.2, 0.25) is 0 Å². The molecule has 2 atom stereocenters. The zero-order chi connectivity index (χ0) is 16.8. The quantitative estimate of drug-likeness (QED) is 0.831. The van der Waals surface area contributed by atoms with Crippen molar-refractivity contribution in [2.75, 3.05) is 32.9 Å². The second kappa shape index (κ2) is 10.1. The van der Waals surface area contributed by atoms with Gasteiger partial charge in [-0.05, 0) is 30.5 Å². The summed E-state index contributed by atoms with van der Waals surface area (Å²) in [6.45, 7) is 3.73. The van der Waals surface area contributed by atoms with Crippen LogP contribution in [0.25, 0.3) is 0 Å². The molecule has 0 bridgehead atoms. The molecule has 2 fully saturated rings. The van der Waals surface area contributed by atoms with E-state index in [1.165, 1.54) is 12.1 Å². The maximum absolute atomic E-state index is 13.4. The molecule has 1 N–H and O–H groups in total. The van der Waals surface area contributed by atoms with Crippen molar-refractivity contribution in [1.29, 1.82) is 0 Å². The molecule has 0 radical (unpaired) electrons. The molecule has 3 rings (SSSR count). The standard InChI is InChI=1S/C18H25FN2O3.ClH/c19-15-4-1-3-14(9-15)11-21(12-17-5-2-7-24-17)18(22)10-16-13-23-8-6-20-16;/h1,3-4,9,16-17,20H,2,5-8,10-13H2;1H. The summed E-state index contributed by atoms with van der Waals surface area (Å²) in [5, 5.41) is 3.31. The molecule has 2 unspecified atom stereocenters. The number of rotatable bonds is 6. The summed E-state index contributed by atoms with van der Waals surface area (Å²) in [6, 6.07) is 6.47. The van der Waals surface area contributed by atoms with Crippen LogP contribution in [0.1, 0.15) is 24.8 Å². The molecule has 0 aliphatic carbocycles. The molecule has 25 heavy (non-hydrogen) atoms. The van der Waals surface area contributed by atoms with E-state index in [9.17, 15) is 9.18 Å². The average Bonchev–Trinajstić information content (AvgIpc) is 3.08. The first kappa shape index (κ1) is 20.1. The van der Waals surface area contributed by atoms with Gasteiger partial charge in [-0.25, -0.2) is 4.39 Å². The zero-order valence-corrected chi connectivity index (χ0v) is 15.1. The van der Waals surface area contributed by atoms with Crippen LogP contribution in [-0.4, -0.2) is 55.9 Å². The molecule has 0 aromatic heterocycles. The van der Waals surface area contributed by atoms with Gasteiger partial charge in [-0.15, -0.1) is 12.4 Å². The maximum Gasteiger partial charge on any atom is 0.224 e. The van der Waals surface area contributed by atoms with E-state index in [0.29, 0.717) is 32.7 Å². The number of halogens is 2. The number of carbonyl (C=O) groups excluding carboxylic acids is 1. The largest absolute Gasteiger partial charge is 0.378 e. The van der Waals surface area contributed by atoms with Gasteiger partial charge in [0.25, 0.3) is 0 Å². The second-order valence-electron chi connectivity index (χ2n) is 6.47. The first-order chi connectivity index (χ1) is 11.7. The highest BCUT2D eigenvalue weighted by molar-refractivity contribution is 5.85. The van der Waals surface area contributed by atoms with Crippen molar-refractivity contribution >= 4 is 18.3 Å². The lowest BCUT2D eigenvalue weighted by molar-refractivity contribution is -0.134. The van der Waals surface area contributed by atoms with E-state index < -0.39 is 0 Å². The lowest BCUT2D eigenvalue weighted by Crippen LogP contribution is -2.46. The Bertz CT molecular complexity index is 549. The summed E-state index contributed by atoms with van der Waals surface area (Å²) in [6.07, 6.45) is 2.47. The van der Waals surface area contributed by atoms with Crippen molar-refractivity contribution in [2.45, 2.75) is 38.0 Å². The van der Waals surface area contributed by atoms with Crippen molar-refractivity contribution in [3.8, 4) is 0 Å². The van der Waals surface area contributed by atoms with Gasteiger partial charge in [0.15, 0.2) is 0 Å². The van der Waals surface area contributed by atoms with Gasteiger partial charge < -0.3 is 19.7 Å². The molecule has 2 heterocycles. The first-order valence-electron chi connectivity index (χ1n) is 8.65. The number of nitrogens with one attached hydrogen (secondary N) is 1. The highest BCUT2D eigenvalue weighted by Crippen LogP contribution is 2.17. The van der Waals surface area contributed by atoms with Crippen molar-refractivity contribution in [2.24, 2.45) is 0 Å². The molecule has 2 aliphatic rings. The molecule has 1 aromatic rings. The lowest BCUT2D eigenvalue weighted by Gasteiger charge is -2.29. The minimum atomic E-state index is -0.278. The van der Waals surface area contributed by atoms with Crippen LogP contribution in [0.5, 0.6) is 0 Å². The number of benzene rings is 1. The van der Waals surface area contributed by atoms with Crippen LogP contribution in [-0.2, 0) is 20.8 Å². The van der Waals surface area contributed by atoms with Gasteiger partial charge >= 0.3 is 0 Å². The summed E-state index contributed by atoms with van der Waals surface area (Å²) < 4.78 is 24.5. The van der Waals surface area contributed by atoms with Gasteiger partial charge in [0.05, 0.1) is 19.3 Å². The van der Waals surface area contributed by atoms with Gasteiger partial charge in [0.1, 0.15) is 5.82 Å². The predicted octanol–water partition coefficient (Wildman–Crippen LogP) is 2.13. The summed E-state index contributed by atoms with van der Waals surface area (Å²) in [5.41, 5.74) is 0.800. The Balaban J connectivity index is 0.00000225. The Labute approximate surface area is 154 Å². The van der Waals surface area contributed by atoms with Crippen LogP contribution >= 0.6 is 12.4 Å². The predicted molar refractivity (Wildman–Crippen MR) is 95.3 cm³/mol. The van der Waals surface area contributed by atoms with Crippen LogP contribution < -0.4 is 5.32 Å². The highest BCUT2D eigenvalue weighted by atomic mass is 35.5. The van der Waals surface area contributed by atoms with Crippen LogP contribution in [0.4, 0.5) is 4.39 Å². The van der Waals surface area contributed by atoms with E-state index in [-0.39, 0.29) is 36.3 Å². The van der Waals surface area contributed by atoms with Gasteiger partial charge in [0.2, 0.25) is 5.91 Å². The fraction of sp³-hybridized carbons (Fsp3) is 0.611. The molecular formula is C18H26ClFN2O3. The van der Waals surface area contributed by atoms with E-state index in [4.69, 9.17) is 9.47 Å². The van der Waals surface area contributed by atoms with Crippen LogP contribution in [0.15, 0.2) is 24.3 Å². The van der Waals surface area contributed by atoms with Crippen LogP contribution in [0, 0.1) is 5.82 Å². The molecule has 2 saturated heterocycles. The number of ether oxygens (including phenoxy) is 2. The molecule has 140 valence electrons.